The van der Waals surface area contributed by atoms with E-state index >= 15 is 0 Å². The maximum atomic E-state index is 14.7. The molecule has 0 aliphatic heterocycles. The van der Waals surface area contributed by atoms with E-state index in [1.807, 2.05) is 13.8 Å². The van der Waals surface area contributed by atoms with Crippen molar-refractivity contribution in [1.82, 2.24) is 20.1 Å². The second-order valence-corrected chi connectivity index (χ2v) is 7.74. The molecule has 0 saturated carbocycles. The van der Waals surface area contributed by atoms with Crippen LogP contribution in [0.3, 0.4) is 0 Å². The Hall–Kier alpha value is -2.84. The summed E-state index contributed by atoms with van der Waals surface area (Å²) in [5, 5.41) is 7.27. The number of aryl methyl sites for hydroxylation is 2. The second kappa shape index (κ2) is 9.53. The minimum atomic E-state index is -0.641. The van der Waals surface area contributed by atoms with E-state index in [1.54, 1.807) is 20.1 Å². The molecular formula is C22H24ClFN4O3. The van der Waals surface area contributed by atoms with E-state index in [1.165, 1.54) is 16.8 Å². The summed E-state index contributed by atoms with van der Waals surface area (Å²) in [4.78, 5) is 30.4. The van der Waals surface area contributed by atoms with E-state index in [-0.39, 0.29) is 28.0 Å². The maximum absolute atomic E-state index is 14.7. The molecule has 1 aromatic carbocycles. The van der Waals surface area contributed by atoms with Gasteiger partial charge in [0, 0.05) is 30.5 Å². The largest absolute Gasteiger partial charge is 0.385 e. The topological polar surface area (TPSA) is 86.1 Å². The van der Waals surface area contributed by atoms with Crippen molar-refractivity contribution < 1.29 is 13.9 Å². The molecule has 1 atom stereocenters. The first-order chi connectivity index (χ1) is 14.8. The zero-order valence-electron chi connectivity index (χ0n) is 17.8. The number of halogens is 2. The summed E-state index contributed by atoms with van der Waals surface area (Å²) in [6, 6.07) is 5.61. The Morgan fingerprint density at radius 3 is 2.71 bits per heavy atom. The van der Waals surface area contributed by atoms with Gasteiger partial charge < -0.3 is 10.1 Å². The van der Waals surface area contributed by atoms with Gasteiger partial charge in [0.25, 0.3) is 5.91 Å². The lowest BCUT2D eigenvalue weighted by Crippen LogP contribution is -2.39. The first-order valence-electron chi connectivity index (χ1n) is 9.93. The fraction of sp³-hybridized carbons (Fsp3) is 0.364. The molecule has 0 fully saturated rings. The van der Waals surface area contributed by atoms with Gasteiger partial charge in [0.15, 0.2) is 5.69 Å². The van der Waals surface area contributed by atoms with Crippen molar-refractivity contribution in [3.63, 3.8) is 0 Å². The molecule has 3 aromatic rings. The van der Waals surface area contributed by atoms with Gasteiger partial charge in [-0.25, -0.2) is 14.1 Å². The first kappa shape index (κ1) is 22.8. The van der Waals surface area contributed by atoms with Crippen molar-refractivity contribution >= 4 is 28.5 Å². The molecule has 0 radical (unpaired) electrons. The quantitative estimate of drug-likeness (QED) is 0.597. The van der Waals surface area contributed by atoms with Crippen molar-refractivity contribution in [2.45, 2.75) is 39.7 Å². The van der Waals surface area contributed by atoms with Crippen molar-refractivity contribution in [3.8, 4) is 5.69 Å². The van der Waals surface area contributed by atoms with Crippen molar-refractivity contribution in [2.24, 2.45) is 0 Å². The number of carbonyl (C=O) groups is 1. The van der Waals surface area contributed by atoms with Gasteiger partial charge in [0.2, 0.25) is 5.43 Å². The molecule has 1 N–H and O–H groups in total. The SMILES string of the molecule is CCC(CCOC)NC(=O)c1nn(-c2ccc(Cl)cc2F)c2cc(C)c(C)nc2c1=O. The molecule has 0 bridgehead atoms. The van der Waals surface area contributed by atoms with Crippen LogP contribution in [0.5, 0.6) is 0 Å². The van der Waals surface area contributed by atoms with Crippen LogP contribution in [0.1, 0.15) is 41.5 Å². The van der Waals surface area contributed by atoms with E-state index in [0.717, 1.165) is 11.6 Å². The average molecular weight is 447 g/mol. The Morgan fingerprint density at radius 1 is 1.32 bits per heavy atom. The van der Waals surface area contributed by atoms with Gasteiger partial charge >= 0.3 is 0 Å². The highest BCUT2D eigenvalue weighted by atomic mass is 35.5. The number of amides is 1. The fourth-order valence-corrected chi connectivity index (χ4v) is 3.37. The predicted molar refractivity (Wildman–Crippen MR) is 118 cm³/mol. The molecule has 1 unspecified atom stereocenters. The summed E-state index contributed by atoms with van der Waals surface area (Å²) < 4.78 is 21.0. The number of hydrogen-bond acceptors (Lipinski definition) is 5. The van der Waals surface area contributed by atoms with Crippen molar-refractivity contribution in [2.75, 3.05) is 13.7 Å². The summed E-state index contributed by atoms with van der Waals surface area (Å²) in [6.45, 7) is 5.98. The number of carbonyl (C=O) groups excluding carboxylic acids is 1. The smallest absolute Gasteiger partial charge is 0.276 e. The fourth-order valence-electron chi connectivity index (χ4n) is 3.21. The number of nitrogens with one attached hydrogen (secondary N) is 1. The van der Waals surface area contributed by atoms with Gasteiger partial charge in [-0.1, -0.05) is 18.5 Å². The van der Waals surface area contributed by atoms with Crippen LogP contribution in [0, 0.1) is 19.7 Å². The van der Waals surface area contributed by atoms with Crippen molar-refractivity contribution in [1.29, 1.82) is 0 Å². The Morgan fingerprint density at radius 2 is 2.06 bits per heavy atom. The number of benzene rings is 1. The summed E-state index contributed by atoms with van der Waals surface area (Å²) >= 11 is 5.88. The molecule has 7 nitrogen and oxygen atoms in total. The maximum Gasteiger partial charge on any atom is 0.276 e. The van der Waals surface area contributed by atoms with Gasteiger partial charge in [-0.05, 0) is 56.5 Å². The highest BCUT2D eigenvalue weighted by Crippen LogP contribution is 2.22. The van der Waals surface area contributed by atoms with Crippen LogP contribution in [-0.2, 0) is 4.74 Å². The van der Waals surface area contributed by atoms with Crippen LogP contribution in [0.25, 0.3) is 16.7 Å². The third kappa shape index (κ3) is 4.75. The number of rotatable bonds is 7. The van der Waals surface area contributed by atoms with E-state index in [4.69, 9.17) is 16.3 Å². The first-order valence-corrected chi connectivity index (χ1v) is 10.3. The van der Waals surface area contributed by atoms with E-state index < -0.39 is 17.2 Å². The third-order valence-corrected chi connectivity index (χ3v) is 5.39. The predicted octanol–water partition coefficient (Wildman–Crippen LogP) is 3.73. The van der Waals surface area contributed by atoms with E-state index in [9.17, 15) is 14.0 Å². The highest BCUT2D eigenvalue weighted by Gasteiger charge is 2.23. The third-order valence-electron chi connectivity index (χ3n) is 5.16. The normalized spacial score (nSPS) is 12.2. The molecule has 0 aliphatic carbocycles. The second-order valence-electron chi connectivity index (χ2n) is 7.30. The lowest BCUT2D eigenvalue weighted by molar-refractivity contribution is 0.0916. The van der Waals surface area contributed by atoms with Crippen LogP contribution in [0.15, 0.2) is 29.1 Å². The molecule has 0 spiro atoms. The summed E-state index contributed by atoms with van der Waals surface area (Å²) in [5.41, 5.74) is 0.882. The molecule has 9 heteroatoms. The molecule has 164 valence electrons. The number of fused-ring (bicyclic) bond motifs is 1. The molecule has 2 aromatic heterocycles. The van der Waals surface area contributed by atoms with Crippen molar-refractivity contribution in [3.05, 3.63) is 62.3 Å². The van der Waals surface area contributed by atoms with Gasteiger partial charge in [-0.2, -0.15) is 5.10 Å². The zero-order valence-corrected chi connectivity index (χ0v) is 18.6. The number of methoxy groups -OCH3 is 1. The van der Waals surface area contributed by atoms with Crippen LogP contribution in [-0.4, -0.2) is 40.4 Å². The molecule has 1 amide bonds. The average Bonchev–Trinajstić information content (AvgIpc) is 2.73. The Bertz CT molecular complexity index is 1200. The monoisotopic (exact) mass is 446 g/mol. The minimum Gasteiger partial charge on any atom is -0.385 e. The Labute approximate surface area is 184 Å². The summed E-state index contributed by atoms with van der Waals surface area (Å²) in [6.07, 6.45) is 1.24. The molecule has 31 heavy (non-hydrogen) atoms. The van der Waals surface area contributed by atoms with Crippen LogP contribution in [0.4, 0.5) is 4.39 Å². The number of nitrogens with zero attached hydrogens (tertiary/aromatic N) is 3. The van der Waals surface area contributed by atoms with Gasteiger partial charge in [0.05, 0.1) is 5.52 Å². The highest BCUT2D eigenvalue weighted by molar-refractivity contribution is 6.30. The lowest BCUT2D eigenvalue weighted by Gasteiger charge is -2.17. The van der Waals surface area contributed by atoms with E-state index in [2.05, 4.69) is 15.4 Å². The van der Waals surface area contributed by atoms with Crippen LogP contribution in [0.2, 0.25) is 5.02 Å². The molecular weight excluding hydrogens is 423 g/mol. The molecule has 0 saturated heterocycles. The number of hydrogen-bond donors (Lipinski definition) is 1. The molecule has 2 heterocycles. The Kier molecular flexibility index (Phi) is 7.02. The number of aromatic nitrogens is 3. The number of ether oxygens (including phenoxy) is 1. The van der Waals surface area contributed by atoms with Gasteiger partial charge in [0.1, 0.15) is 17.0 Å². The van der Waals surface area contributed by atoms with Crippen LogP contribution >= 0.6 is 11.6 Å². The lowest BCUT2D eigenvalue weighted by atomic mass is 10.1. The van der Waals surface area contributed by atoms with Crippen LogP contribution < -0.4 is 10.7 Å². The van der Waals surface area contributed by atoms with E-state index in [0.29, 0.717) is 30.7 Å². The standard InChI is InChI=1S/C22H24ClFN4O3/c1-5-15(8-9-31-4)26-22(30)20-21(29)19-18(10-12(2)13(3)25-19)28(27-20)17-7-6-14(23)11-16(17)24/h6-7,10-11,15H,5,8-9H2,1-4H3,(H,26,30). The summed E-state index contributed by atoms with van der Waals surface area (Å²) in [5.74, 6) is -1.28. The molecule has 0 aliphatic rings. The van der Waals surface area contributed by atoms with Gasteiger partial charge in [-0.15, -0.1) is 0 Å². The molecule has 3 rings (SSSR count). The summed E-state index contributed by atoms with van der Waals surface area (Å²) in [7, 11) is 1.58. The Balaban J connectivity index is 2.21. The number of pyridine rings is 1. The van der Waals surface area contributed by atoms with Gasteiger partial charge in [-0.3, -0.25) is 9.59 Å². The minimum absolute atomic E-state index is 0.0440. The zero-order chi connectivity index (χ0) is 22.7.